The van der Waals surface area contributed by atoms with Crippen molar-refractivity contribution in [3.63, 3.8) is 0 Å². The Morgan fingerprint density at radius 2 is 2.28 bits per heavy atom. The molecule has 25 heavy (non-hydrogen) atoms. The Morgan fingerprint density at radius 3 is 3.04 bits per heavy atom. The molecule has 0 aliphatic carbocycles. The second-order valence-electron chi connectivity index (χ2n) is 6.24. The molecule has 1 N–H and O–H groups in total. The van der Waals surface area contributed by atoms with E-state index < -0.39 is 0 Å². The van der Waals surface area contributed by atoms with E-state index >= 15 is 0 Å². The average Bonchev–Trinajstić information content (AvgIpc) is 3.22. The van der Waals surface area contributed by atoms with Crippen LogP contribution >= 0.6 is 0 Å². The van der Waals surface area contributed by atoms with E-state index in [0.29, 0.717) is 24.6 Å². The molecule has 132 valence electrons. The van der Waals surface area contributed by atoms with Gasteiger partial charge in [0.05, 0.1) is 19.2 Å². The van der Waals surface area contributed by atoms with E-state index in [0.717, 1.165) is 37.1 Å². The molecule has 1 fully saturated rings. The third kappa shape index (κ3) is 4.47. The highest BCUT2D eigenvalue weighted by Gasteiger charge is 2.21. The monoisotopic (exact) mass is 341 g/mol. The van der Waals surface area contributed by atoms with Crippen LogP contribution in [0.4, 0.5) is 5.69 Å². The lowest BCUT2D eigenvalue weighted by Crippen LogP contribution is -2.25. The molecule has 1 aromatic carbocycles. The van der Waals surface area contributed by atoms with Gasteiger partial charge in [-0.25, -0.2) is 4.98 Å². The molecular weight excluding hydrogens is 318 g/mol. The van der Waals surface area contributed by atoms with Crippen LogP contribution in [-0.2, 0) is 29.0 Å². The number of benzene rings is 1. The van der Waals surface area contributed by atoms with Crippen molar-refractivity contribution in [3.05, 3.63) is 47.7 Å². The summed E-state index contributed by atoms with van der Waals surface area (Å²) in [6.45, 7) is 3.15. The molecule has 2 amide bonds. The summed E-state index contributed by atoms with van der Waals surface area (Å²) < 4.78 is 5.55. The van der Waals surface area contributed by atoms with E-state index in [1.165, 1.54) is 0 Å². The van der Waals surface area contributed by atoms with Crippen molar-refractivity contribution >= 4 is 17.5 Å². The summed E-state index contributed by atoms with van der Waals surface area (Å²) in [6.07, 6.45) is 5.19. The lowest BCUT2D eigenvalue weighted by molar-refractivity contribution is -0.120. The van der Waals surface area contributed by atoms with Crippen LogP contribution in [0.1, 0.15) is 43.4 Å². The molecular formula is C19H23N3O3. The van der Waals surface area contributed by atoms with Gasteiger partial charge in [-0.2, -0.15) is 0 Å². The van der Waals surface area contributed by atoms with Gasteiger partial charge in [0.25, 0.3) is 0 Å². The van der Waals surface area contributed by atoms with Crippen LogP contribution in [-0.4, -0.2) is 23.3 Å². The first-order valence-corrected chi connectivity index (χ1v) is 8.75. The Bertz CT molecular complexity index is 754. The molecule has 3 rings (SSSR count). The average molecular weight is 341 g/mol. The number of aromatic nitrogens is 1. The number of aryl methyl sites for hydroxylation is 1. The molecule has 1 aliphatic heterocycles. The summed E-state index contributed by atoms with van der Waals surface area (Å²) in [5, 5.41) is 2.85. The first kappa shape index (κ1) is 17.2. The number of anilines is 1. The fourth-order valence-corrected chi connectivity index (χ4v) is 2.95. The maximum absolute atomic E-state index is 12.2. The van der Waals surface area contributed by atoms with Crippen LogP contribution in [0.15, 0.2) is 34.9 Å². The highest BCUT2D eigenvalue weighted by molar-refractivity contribution is 5.95. The van der Waals surface area contributed by atoms with Crippen LogP contribution in [0.25, 0.3) is 0 Å². The van der Waals surface area contributed by atoms with Crippen molar-refractivity contribution < 1.29 is 14.0 Å². The summed E-state index contributed by atoms with van der Waals surface area (Å²) in [4.78, 5) is 30.0. The van der Waals surface area contributed by atoms with Gasteiger partial charge in [-0.15, -0.1) is 0 Å². The van der Waals surface area contributed by atoms with Crippen LogP contribution in [0.2, 0.25) is 0 Å². The number of carbonyl (C=O) groups excluding carboxylic acids is 2. The van der Waals surface area contributed by atoms with Crippen LogP contribution in [0.3, 0.4) is 0 Å². The zero-order chi connectivity index (χ0) is 17.6. The van der Waals surface area contributed by atoms with Gasteiger partial charge in [-0.05, 0) is 30.5 Å². The van der Waals surface area contributed by atoms with Gasteiger partial charge < -0.3 is 14.6 Å². The minimum Gasteiger partial charge on any atom is -0.444 e. The minimum atomic E-state index is -0.0849. The van der Waals surface area contributed by atoms with Gasteiger partial charge in [0.2, 0.25) is 11.8 Å². The predicted molar refractivity (Wildman–Crippen MR) is 94.1 cm³/mol. The summed E-state index contributed by atoms with van der Waals surface area (Å²) in [5.41, 5.74) is 1.76. The smallest absolute Gasteiger partial charge is 0.227 e. The topological polar surface area (TPSA) is 75.4 Å². The molecule has 0 saturated carbocycles. The number of rotatable bonds is 7. The Balaban J connectivity index is 1.54. The Labute approximate surface area is 147 Å². The SMILES string of the molecule is CCCc1ncc(CNC(=O)Cc2cccc(N3CCCC3=O)c2)o1. The second kappa shape index (κ2) is 7.96. The van der Waals surface area contributed by atoms with E-state index in [4.69, 9.17) is 4.42 Å². The van der Waals surface area contributed by atoms with Gasteiger partial charge in [0, 0.05) is 25.1 Å². The molecule has 0 unspecified atom stereocenters. The fraction of sp³-hybridized carbons (Fsp3) is 0.421. The van der Waals surface area contributed by atoms with E-state index in [1.54, 1.807) is 11.1 Å². The van der Waals surface area contributed by atoms with Crippen molar-refractivity contribution in [1.29, 1.82) is 0 Å². The van der Waals surface area contributed by atoms with Crippen molar-refractivity contribution in [1.82, 2.24) is 10.3 Å². The Hall–Kier alpha value is -2.63. The van der Waals surface area contributed by atoms with Crippen molar-refractivity contribution in [2.24, 2.45) is 0 Å². The quantitative estimate of drug-likeness (QED) is 0.840. The van der Waals surface area contributed by atoms with E-state index in [-0.39, 0.29) is 18.2 Å². The highest BCUT2D eigenvalue weighted by Crippen LogP contribution is 2.22. The molecule has 2 aromatic rings. The number of carbonyl (C=O) groups is 2. The van der Waals surface area contributed by atoms with Gasteiger partial charge in [0.15, 0.2) is 5.89 Å². The zero-order valence-electron chi connectivity index (χ0n) is 14.5. The Kier molecular flexibility index (Phi) is 5.48. The predicted octanol–water partition coefficient (Wildman–Crippen LogP) is 2.61. The van der Waals surface area contributed by atoms with Gasteiger partial charge >= 0.3 is 0 Å². The van der Waals surface area contributed by atoms with Crippen LogP contribution in [0, 0.1) is 0 Å². The molecule has 6 heteroatoms. The van der Waals surface area contributed by atoms with Gasteiger partial charge in [-0.1, -0.05) is 19.1 Å². The highest BCUT2D eigenvalue weighted by atomic mass is 16.4. The molecule has 0 bridgehead atoms. The molecule has 1 aromatic heterocycles. The van der Waals surface area contributed by atoms with Gasteiger partial charge in [-0.3, -0.25) is 9.59 Å². The maximum Gasteiger partial charge on any atom is 0.227 e. The van der Waals surface area contributed by atoms with E-state index in [2.05, 4.69) is 17.2 Å². The molecule has 2 heterocycles. The van der Waals surface area contributed by atoms with Crippen molar-refractivity contribution in [2.45, 2.75) is 45.6 Å². The summed E-state index contributed by atoms with van der Waals surface area (Å²) in [7, 11) is 0. The summed E-state index contributed by atoms with van der Waals surface area (Å²) in [5.74, 6) is 1.43. The normalized spacial score (nSPS) is 14.1. The first-order chi connectivity index (χ1) is 12.2. The zero-order valence-corrected chi connectivity index (χ0v) is 14.5. The van der Waals surface area contributed by atoms with Crippen molar-refractivity contribution in [2.75, 3.05) is 11.4 Å². The third-order valence-corrected chi connectivity index (χ3v) is 4.19. The number of nitrogens with zero attached hydrogens (tertiary/aromatic N) is 2. The van der Waals surface area contributed by atoms with Crippen LogP contribution in [0.5, 0.6) is 0 Å². The number of amides is 2. The van der Waals surface area contributed by atoms with Gasteiger partial charge in [0.1, 0.15) is 5.76 Å². The fourth-order valence-electron chi connectivity index (χ4n) is 2.95. The standard InChI is InChI=1S/C19H23N3O3/c1-2-5-18-21-13-16(25-18)12-20-17(23)11-14-6-3-7-15(10-14)22-9-4-8-19(22)24/h3,6-7,10,13H,2,4-5,8-9,11-12H2,1H3,(H,20,23). The largest absolute Gasteiger partial charge is 0.444 e. The molecule has 0 spiro atoms. The minimum absolute atomic E-state index is 0.0849. The molecule has 6 nitrogen and oxygen atoms in total. The Morgan fingerprint density at radius 1 is 1.40 bits per heavy atom. The lowest BCUT2D eigenvalue weighted by atomic mass is 10.1. The molecule has 1 aliphatic rings. The first-order valence-electron chi connectivity index (χ1n) is 8.75. The molecule has 0 atom stereocenters. The lowest BCUT2D eigenvalue weighted by Gasteiger charge is -2.16. The number of oxazole rings is 1. The second-order valence-corrected chi connectivity index (χ2v) is 6.24. The van der Waals surface area contributed by atoms with Crippen molar-refractivity contribution in [3.8, 4) is 0 Å². The number of hydrogen-bond donors (Lipinski definition) is 1. The summed E-state index contributed by atoms with van der Waals surface area (Å²) in [6, 6.07) is 7.61. The third-order valence-electron chi connectivity index (χ3n) is 4.19. The summed E-state index contributed by atoms with van der Waals surface area (Å²) >= 11 is 0. The molecule has 0 radical (unpaired) electrons. The molecule has 1 saturated heterocycles. The number of nitrogens with one attached hydrogen (secondary N) is 1. The van der Waals surface area contributed by atoms with E-state index in [1.807, 2.05) is 24.3 Å². The maximum atomic E-state index is 12.2. The number of hydrogen-bond acceptors (Lipinski definition) is 4. The van der Waals surface area contributed by atoms with E-state index in [9.17, 15) is 9.59 Å². The van der Waals surface area contributed by atoms with Crippen LogP contribution < -0.4 is 10.2 Å².